The van der Waals surface area contributed by atoms with Crippen molar-refractivity contribution in [3.8, 4) is 0 Å². The van der Waals surface area contributed by atoms with Crippen molar-refractivity contribution in [3.05, 3.63) is 53.3 Å². The van der Waals surface area contributed by atoms with E-state index in [1.54, 1.807) is 0 Å². The number of aryl methyl sites for hydroxylation is 2. The van der Waals surface area contributed by atoms with Crippen LogP contribution in [0.1, 0.15) is 29.7 Å². The molecule has 1 aromatic heterocycles. The van der Waals surface area contributed by atoms with Gasteiger partial charge in [0.15, 0.2) is 5.96 Å². The van der Waals surface area contributed by atoms with Gasteiger partial charge in [0.1, 0.15) is 0 Å². The quantitative estimate of drug-likeness (QED) is 0.611. The summed E-state index contributed by atoms with van der Waals surface area (Å²) in [5.74, 6) is 0.920. The summed E-state index contributed by atoms with van der Waals surface area (Å²) in [7, 11) is 8.18. The monoisotopic (exact) mass is 356 g/mol. The lowest BCUT2D eigenvalue weighted by Crippen LogP contribution is -2.39. The van der Waals surface area contributed by atoms with Crippen molar-refractivity contribution >= 4 is 5.96 Å². The molecule has 2 aromatic rings. The van der Waals surface area contributed by atoms with Gasteiger partial charge in [-0.25, -0.2) is 0 Å². The van der Waals surface area contributed by atoms with Crippen LogP contribution in [0.25, 0.3) is 0 Å². The minimum absolute atomic E-state index is 0.199. The molecule has 0 aliphatic carbocycles. The van der Waals surface area contributed by atoms with Gasteiger partial charge in [0.2, 0.25) is 0 Å². The zero-order valence-electron chi connectivity index (χ0n) is 16.9. The average Bonchev–Trinajstić information content (AvgIpc) is 3.02. The molecule has 1 unspecified atom stereocenters. The Balaban J connectivity index is 2.11. The fourth-order valence-corrected chi connectivity index (χ4v) is 2.86. The third-order valence-corrected chi connectivity index (χ3v) is 4.38. The zero-order chi connectivity index (χ0) is 19.1. The first-order valence-corrected chi connectivity index (χ1v) is 9.10. The SMILES string of the molecule is CCNC(=NCC(c1cnn(C)c1)N(C)C)N(C)Cc1ccc(C)cc1. The van der Waals surface area contributed by atoms with Gasteiger partial charge in [0, 0.05) is 38.9 Å². The van der Waals surface area contributed by atoms with Crippen LogP contribution in [0.2, 0.25) is 0 Å². The van der Waals surface area contributed by atoms with Crippen molar-refractivity contribution in [1.82, 2.24) is 24.9 Å². The van der Waals surface area contributed by atoms with E-state index in [2.05, 4.69) is 85.7 Å². The standard InChI is InChI=1S/C20H32N6/c1-7-21-20(25(5)14-17-10-8-16(2)9-11-17)22-13-19(24(3)4)18-12-23-26(6)15-18/h8-12,15,19H,7,13-14H2,1-6H3,(H,21,22). The van der Waals surface area contributed by atoms with Crippen molar-refractivity contribution < 1.29 is 0 Å². The van der Waals surface area contributed by atoms with Crippen molar-refractivity contribution in [2.45, 2.75) is 26.4 Å². The maximum absolute atomic E-state index is 4.89. The summed E-state index contributed by atoms with van der Waals surface area (Å²) in [4.78, 5) is 9.24. The number of aromatic nitrogens is 2. The van der Waals surface area contributed by atoms with E-state index >= 15 is 0 Å². The van der Waals surface area contributed by atoms with E-state index in [0.29, 0.717) is 6.54 Å². The predicted octanol–water partition coefficient (Wildman–Crippen LogP) is 2.43. The van der Waals surface area contributed by atoms with E-state index in [1.807, 2.05) is 17.9 Å². The molecule has 0 spiro atoms. The largest absolute Gasteiger partial charge is 0.357 e. The van der Waals surface area contributed by atoms with Gasteiger partial charge in [-0.1, -0.05) is 29.8 Å². The molecule has 0 fully saturated rings. The highest BCUT2D eigenvalue weighted by molar-refractivity contribution is 5.79. The van der Waals surface area contributed by atoms with Gasteiger partial charge in [-0.15, -0.1) is 0 Å². The maximum Gasteiger partial charge on any atom is 0.194 e. The van der Waals surface area contributed by atoms with Gasteiger partial charge in [-0.3, -0.25) is 9.67 Å². The molecule has 1 aromatic carbocycles. The summed E-state index contributed by atoms with van der Waals surface area (Å²) in [5.41, 5.74) is 3.74. The van der Waals surface area contributed by atoms with E-state index in [1.165, 1.54) is 16.7 Å². The summed E-state index contributed by atoms with van der Waals surface area (Å²) in [6.45, 7) is 6.56. The predicted molar refractivity (Wildman–Crippen MR) is 108 cm³/mol. The second-order valence-electron chi connectivity index (χ2n) is 6.96. The van der Waals surface area contributed by atoms with Crippen LogP contribution >= 0.6 is 0 Å². The Labute approximate surface area is 157 Å². The molecule has 0 aliphatic rings. The van der Waals surface area contributed by atoms with Gasteiger partial charge in [0.25, 0.3) is 0 Å². The number of hydrogen-bond donors (Lipinski definition) is 1. The Morgan fingerprint density at radius 3 is 2.46 bits per heavy atom. The Hall–Kier alpha value is -2.34. The highest BCUT2D eigenvalue weighted by atomic mass is 15.3. The molecular formula is C20H32N6. The normalized spacial score (nSPS) is 13.1. The summed E-state index contributed by atoms with van der Waals surface area (Å²) in [5, 5.41) is 7.70. The average molecular weight is 357 g/mol. The lowest BCUT2D eigenvalue weighted by molar-refractivity contribution is 0.305. The second-order valence-corrected chi connectivity index (χ2v) is 6.96. The molecule has 0 radical (unpaired) electrons. The Kier molecular flexibility index (Phi) is 7.21. The van der Waals surface area contributed by atoms with Gasteiger partial charge >= 0.3 is 0 Å². The topological polar surface area (TPSA) is 48.7 Å². The van der Waals surface area contributed by atoms with Crippen molar-refractivity contribution in [3.63, 3.8) is 0 Å². The number of nitrogens with zero attached hydrogens (tertiary/aromatic N) is 5. The van der Waals surface area contributed by atoms with Gasteiger partial charge in [0.05, 0.1) is 18.8 Å². The maximum atomic E-state index is 4.89. The van der Waals surface area contributed by atoms with Crippen LogP contribution in [0, 0.1) is 6.92 Å². The second kappa shape index (κ2) is 9.38. The fourth-order valence-electron chi connectivity index (χ4n) is 2.86. The van der Waals surface area contributed by atoms with Gasteiger partial charge in [-0.2, -0.15) is 5.10 Å². The van der Waals surface area contributed by atoms with Crippen LogP contribution in [0.4, 0.5) is 0 Å². The van der Waals surface area contributed by atoms with Crippen molar-refractivity contribution in [2.75, 3.05) is 34.2 Å². The number of hydrogen-bond acceptors (Lipinski definition) is 3. The summed E-state index contributed by atoms with van der Waals surface area (Å²) < 4.78 is 1.84. The van der Waals surface area contributed by atoms with E-state index < -0.39 is 0 Å². The number of rotatable bonds is 7. The molecule has 0 saturated heterocycles. The number of guanidine groups is 1. The van der Waals surface area contributed by atoms with Crippen LogP contribution in [-0.4, -0.2) is 59.8 Å². The molecule has 2 rings (SSSR count). The molecule has 6 nitrogen and oxygen atoms in total. The number of likely N-dealkylation sites (N-methyl/N-ethyl adjacent to an activating group) is 1. The Morgan fingerprint density at radius 1 is 1.23 bits per heavy atom. The molecule has 142 valence electrons. The third kappa shape index (κ3) is 5.59. The highest BCUT2D eigenvalue weighted by Crippen LogP contribution is 2.18. The minimum atomic E-state index is 0.199. The van der Waals surface area contributed by atoms with Crippen LogP contribution in [-0.2, 0) is 13.6 Å². The summed E-state index contributed by atoms with van der Waals surface area (Å²) in [6.07, 6.45) is 3.98. The van der Waals surface area contributed by atoms with Gasteiger partial charge < -0.3 is 15.1 Å². The molecule has 0 aliphatic heterocycles. The van der Waals surface area contributed by atoms with Crippen molar-refractivity contribution in [1.29, 1.82) is 0 Å². The fraction of sp³-hybridized carbons (Fsp3) is 0.500. The highest BCUT2D eigenvalue weighted by Gasteiger charge is 2.16. The molecule has 0 amide bonds. The number of benzene rings is 1. The van der Waals surface area contributed by atoms with Crippen LogP contribution in [0.5, 0.6) is 0 Å². The first-order valence-electron chi connectivity index (χ1n) is 9.10. The Morgan fingerprint density at radius 2 is 1.92 bits per heavy atom. The molecule has 0 saturated carbocycles. The van der Waals surface area contributed by atoms with E-state index in [4.69, 9.17) is 4.99 Å². The third-order valence-electron chi connectivity index (χ3n) is 4.38. The van der Waals surface area contributed by atoms with E-state index in [0.717, 1.165) is 19.0 Å². The smallest absolute Gasteiger partial charge is 0.194 e. The van der Waals surface area contributed by atoms with Crippen molar-refractivity contribution in [2.24, 2.45) is 12.0 Å². The first kappa shape index (κ1) is 20.0. The molecule has 1 N–H and O–H groups in total. The summed E-state index contributed by atoms with van der Waals surface area (Å²) >= 11 is 0. The number of nitrogens with one attached hydrogen (secondary N) is 1. The van der Waals surface area contributed by atoms with Crippen LogP contribution in [0.15, 0.2) is 41.7 Å². The van der Waals surface area contributed by atoms with Gasteiger partial charge in [-0.05, 0) is 33.5 Å². The molecule has 6 heteroatoms. The molecule has 26 heavy (non-hydrogen) atoms. The minimum Gasteiger partial charge on any atom is -0.357 e. The zero-order valence-corrected chi connectivity index (χ0v) is 16.9. The molecule has 0 bridgehead atoms. The first-order chi connectivity index (χ1) is 12.4. The molecule has 1 atom stereocenters. The number of aliphatic imine (C=N–C) groups is 1. The summed E-state index contributed by atoms with van der Waals surface area (Å²) in [6, 6.07) is 8.85. The van der Waals surface area contributed by atoms with Crippen LogP contribution < -0.4 is 5.32 Å². The molecule has 1 heterocycles. The van der Waals surface area contributed by atoms with E-state index in [9.17, 15) is 0 Å². The van der Waals surface area contributed by atoms with E-state index in [-0.39, 0.29) is 6.04 Å². The lowest BCUT2D eigenvalue weighted by atomic mass is 10.1. The van der Waals surface area contributed by atoms with Crippen LogP contribution in [0.3, 0.4) is 0 Å². The Bertz CT molecular complexity index is 701. The molecular weight excluding hydrogens is 324 g/mol. The lowest BCUT2D eigenvalue weighted by Gasteiger charge is -2.25.